The maximum Gasteiger partial charge on any atom is 0.241 e. The van der Waals surface area contributed by atoms with Gasteiger partial charge in [-0.15, -0.1) is 0 Å². The number of hydrogen-bond donors (Lipinski definition) is 2. The van der Waals surface area contributed by atoms with Crippen LogP contribution in [0.2, 0.25) is 0 Å². The van der Waals surface area contributed by atoms with Crippen LogP contribution in [-0.2, 0) is 16.6 Å². The van der Waals surface area contributed by atoms with E-state index in [0.29, 0.717) is 18.7 Å². The molecular weight excluding hydrogens is 293 g/mol. The third-order valence-electron chi connectivity index (χ3n) is 3.02. The normalized spacial score (nSPS) is 13.7. The highest BCUT2D eigenvalue weighted by Crippen LogP contribution is 2.21. The van der Waals surface area contributed by atoms with Crippen molar-refractivity contribution in [1.82, 2.24) is 14.9 Å². The van der Waals surface area contributed by atoms with E-state index in [2.05, 4.69) is 10.0 Å². The van der Waals surface area contributed by atoms with Gasteiger partial charge in [-0.1, -0.05) is 0 Å². The van der Waals surface area contributed by atoms with Crippen LogP contribution >= 0.6 is 0 Å². The first-order valence-corrected chi connectivity index (χ1v) is 8.26. The number of benzene rings is 1. The van der Waals surface area contributed by atoms with Gasteiger partial charge in [-0.25, -0.2) is 17.5 Å². The Balaban J connectivity index is 3.12. The molecule has 0 aliphatic rings. The lowest BCUT2D eigenvalue weighted by Gasteiger charge is -2.19. The third kappa shape index (κ3) is 5.03. The van der Waals surface area contributed by atoms with Crippen molar-refractivity contribution in [3.63, 3.8) is 0 Å². The lowest BCUT2D eigenvalue weighted by Crippen LogP contribution is -2.39. The van der Waals surface area contributed by atoms with Crippen LogP contribution in [0.25, 0.3) is 0 Å². The lowest BCUT2D eigenvalue weighted by molar-refractivity contribution is 0.370. The molecule has 0 radical (unpaired) electrons. The Morgan fingerprint density at radius 1 is 1.33 bits per heavy atom. The summed E-state index contributed by atoms with van der Waals surface area (Å²) >= 11 is 0. The van der Waals surface area contributed by atoms with E-state index in [4.69, 9.17) is 0 Å². The molecule has 0 bridgehead atoms. The molecule has 0 heterocycles. The van der Waals surface area contributed by atoms with Crippen molar-refractivity contribution in [2.24, 2.45) is 0 Å². The minimum absolute atomic E-state index is 0.00152. The average molecular weight is 317 g/mol. The van der Waals surface area contributed by atoms with Crippen LogP contribution in [0.4, 0.5) is 4.39 Å². The summed E-state index contributed by atoms with van der Waals surface area (Å²) in [7, 11) is 1.71. The molecule has 1 aromatic carbocycles. The van der Waals surface area contributed by atoms with E-state index >= 15 is 0 Å². The van der Waals surface area contributed by atoms with Crippen LogP contribution in [0.3, 0.4) is 0 Å². The molecule has 5 nitrogen and oxygen atoms in total. The van der Waals surface area contributed by atoms with Gasteiger partial charge >= 0.3 is 0 Å². The quantitative estimate of drug-likeness (QED) is 0.790. The van der Waals surface area contributed by atoms with Crippen molar-refractivity contribution >= 4 is 10.0 Å². The van der Waals surface area contributed by atoms with Gasteiger partial charge in [0.2, 0.25) is 10.0 Å². The van der Waals surface area contributed by atoms with Crippen LogP contribution in [0.5, 0.6) is 0 Å². The van der Waals surface area contributed by atoms with E-state index in [1.54, 1.807) is 14.0 Å². The summed E-state index contributed by atoms with van der Waals surface area (Å²) in [5.74, 6) is -0.511. The SMILES string of the molecule is CNCc1cc(F)c(C)c(S(=O)(=O)NC(C)CN(C)C)c1. The topological polar surface area (TPSA) is 61.4 Å². The number of halogens is 1. The first-order valence-electron chi connectivity index (χ1n) is 6.78. The molecule has 0 aliphatic heterocycles. The van der Waals surface area contributed by atoms with Crippen molar-refractivity contribution in [2.75, 3.05) is 27.7 Å². The van der Waals surface area contributed by atoms with Crippen LogP contribution in [-0.4, -0.2) is 47.0 Å². The Bertz CT molecular complexity index is 588. The Morgan fingerprint density at radius 3 is 2.48 bits per heavy atom. The predicted octanol–water partition coefficient (Wildman–Crippen LogP) is 1.08. The molecule has 21 heavy (non-hydrogen) atoms. The Hall–Kier alpha value is -1.02. The van der Waals surface area contributed by atoms with E-state index in [0.717, 1.165) is 0 Å². The largest absolute Gasteiger partial charge is 0.316 e. The van der Waals surface area contributed by atoms with Crippen LogP contribution < -0.4 is 10.0 Å². The molecule has 0 aromatic heterocycles. The monoisotopic (exact) mass is 317 g/mol. The fourth-order valence-corrected chi connectivity index (χ4v) is 3.74. The highest BCUT2D eigenvalue weighted by molar-refractivity contribution is 7.89. The van der Waals surface area contributed by atoms with E-state index in [-0.39, 0.29) is 16.5 Å². The highest BCUT2D eigenvalue weighted by Gasteiger charge is 2.22. The van der Waals surface area contributed by atoms with E-state index in [1.165, 1.54) is 19.1 Å². The van der Waals surface area contributed by atoms with Gasteiger partial charge in [0.1, 0.15) is 5.82 Å². The summed E-state index contributed by atoms with van der Waals surface area (Å²) in [4.78, 5) is 1.89. The molecule has 7 heteroatoms. The van der Waals surface area contributed by atoms with Crippen molar-refractivity contribution in [3.05, 3.63) is 29.1 Å². The summed E-state index contributed by atoms with van der Waals surface area (Å²) in [6.07, 6.45) is 0. The number of nitrogens with zero attached hydrogens (tertiary/aromatic N) is 1. The second-order valence-electron chi connectivity index (χ2n) is 5.52. The van der Waals surface area contributed by atoms with Gasteiger partial charge in [0, 0.05) is 24.7 Å². The van der Waals surface area contributed by atoms with Crippen molar-refractivity contribution in [2.45, 2.75) is 31.3 Å². The summed E-state index contributed by atoms with van der Waals surface area (Å²) in [6.45, 7) is 4.23. The Morgan fingerprint density at radius 2 is 1.95 bits per heavy atom. The zero-order chi connectivity index (χ0) is 16.2. The predicted molar refractivity (Wildman–Crippen MR) is 82.2 cm³/mol. The van der Waals surface area contributed by atoms with Gasteiger partial charge in [0.15, 0.2) is 0 Å². The molecule has 1 unspecified atom stereocenters. The summed E-state index contributed by atoms with van der Waals surface area (Å²) in [6, 6.07) is 2.61. The zero-order valence-corrected chi connectivity index (χ0v) is 14.0. The number of likely N-dealkylation sites (N-methyl/N-ethyl adjacent to an activating group) is 1. The van der Waals surface area contributed by atoms with Crippen LogP contribution in [0.1, 0.15) is 18.1 Å². The lowest BCUT2D eigenvalue weighted by atomic mass is 10.1. The first kappa shape index (κ1) is 18.0. The fourth-order valence-electron chi connectivity index (χ4n) is 2.21. The molecule has 0 amide bonds. The minimum atomic E-state index is -3.74. The third-order valence-corrected chi connectivity index (χ3v) is 4.74. The second-order valence-corrected chi connectivity index (χ2v) is 7.20. The molecule has 2 N–H and O–H groups in total. The average Bonchev–Trinajstić information content (AvgIpc) is 2.31. The molecular formula is C14H24FN3O2S. The standard InChI is InChI=1S/C14H24FN3O2S/c1-10(9-18(4)5)17-21(19,20)14-7-12(8-16-3)6-13(15)11(14)2/h6-7,10,16-17H,8-9H2,1-5H3. The van der Waals surface area contributed by atoms with Gasteiger partial charge in [-0.2, -0.15) is 0 Å². The molecule has 0 fully saturated rings. The first-order chi connectivity index (χ1) is 9.67. The highest BCUT2D eigenvalue weighted by atomic mass is 32.2. The molecule has 0 spiro atoms. The molecule has 0 saturated carbocycles. The number of hydrogen-bond acceptors (Lipinski definition) is 4. The van der Waals surface area contributed by atoms with E-state index < -0.39 is 15.8 Å². The van der Waals surface area contributed by atoms with Gasteiger partial charge in [0.05, 0.1) is 4.90 Å². The number of rotatable bonds is 7. The van der Waals surface area contributed by atoms with E-state index in [1.807, 2.05) is 19.0 Å². The fraction of sp³-hybridized carbons (Fsp3) is 0.571. The van der Waals surface area contributed by atoms with Crippen LogP contribution in [0.15, 0.2) is 17.0 Å². The molecule has 1 rings (SSSR count). The van der Waals surface area contributed by atoms with Crippen molar-refractivity contribution in [1.29, 1.82) is 0 Å². The Kier molecular flexibility index (Phi) is 6.27. The van der Waals surface area contributed by atoms with Crippen molar-refractivity contribution < 1.29 is 12.8 Å². The van der Waals surface area contributed by atoms with Gasteiger partial charge in [-0.3, -0.25) is 0 Å². The number of nitrogens with one attached hydrogen (secondary N) is 2. The van der Waals surface area contributed by atoms with Gasteiger partial charge < -0.3 is 10.2 Å². The molecule has 1 atom stereocenters. The molecule has 120 valence electrons. The van der Waals surface area contributed by atoms with Crippen LogP contribution in [0, 0.1) is 12.7 Å². The number of sulfonamides is 1. The smallest absolute Gasteiger partial charge is 0.241 e. The summed E-state index contributed by atoms with van der Waals surface area (Å²) in [5, 5.41) is 2.89. The molecule has 0 aliphatic carbocycles. The minimum Gasteiger partial charge on any atom is -0.316 e. The maximum atomic E-state index is 13.9. The molecule has 0 saturated heterocycles. The Labute approximate surface area is 126 Å². The summed E-state index contributed by atoms with van der Waals surface area (Å²) < 4.78 is 41.4. The van der Waals surface area contributed by atoms with Gasteiger partial charge in [0.25, 0.3) is 0 Å². The zero-order valence-electron chi connectivity index (χ0n) is 13.2. The molecule has 1 aromatic rings. The second kappa shape index (κ2) is 7.31. The van der Waals surface area contributed by atoms with Gasteiger partial charge in [-0.05, 0) is 52.7 Å². The van der Waals surface area contributed by atoms with E-state index in [9.17, 15) is 12.8 Å². The maximum absolute atomic E-state index is 13.9. The summed E-state index contributed by atoms with van der Waals surface area (Å²) in [5.41, 5.74) is 0.737. The van der Waals surface area contributed by atoms with Crippen molar-refractivity contribution in [3.8, 4) is 0 Å².